The molecule has 1 aliphatic rings. The van der Waals surface area contributed by atoms with E-state index in [1.54, 1.807) is 0 Å². The SMILES string of the molecule is O=c1ccnc(SCc2ccc3c(c2)OCO3)[nH]1. The molecule has 0 atom stereocenters. The highest BCUT2D eigenvalue weighted by atomic mass is 32.2. The van der Waals surface area contributed by atoms with E-state index in [1.807, 2.05) is 18.2 Å². The van der Waals surface area contributed by atoms with E-state index >= 15 is 0 Å². The zero-order chi connectivity index (χ0) is 12.4. The van der Waals surface area contributed by atoms with Crippen molar-refractivity contribution in [3.8, 4) is 11.5 Å². The number of H-pyrrole nitrogens is 1. The molecule has 1 aromatic heterocycles. The first-order valence-electron chi connectivity index (χ1n) is 5.38. The highest BCUT2D eigenvalue weighted by Gasteiger charge is 2.13. The van der Waals surface area contributed by atoms with Crippen molar-refractivity contribution in [2.45, 2.75) is 10.9 Å². The van der Waals surface area contributed by atoms with Crippen LogP contribution in [-0.4, -0.2) is 16.8 Å². The highest BCUT2D eigenvalue weighted by molar-refractivity contribution is 7.98. The lowest BCUT2D eigenvalue weighted by atomic mass is 10.2. The molecule has 3 rings (SSSR count). The number of ether oxygens (including phenoxy) is 2. The molecule has 0 radical (unpaired) electrons. The summed E-state index contributed by atoms with van der Waals surface area (Å²) in [7, 11) is 0. The van der Waals surface area contributed by atoms with Gasteiger partial charge < -0.3 is 14.5 Å². The van der Waals surface area contributed by atoms with Crippen LogP contribution in [0.4, 0.5) is 0 Å². The third kappa shape index (κ3) is 2.33. The minimum atomic E-state index is -0.141. The van der Waals surface area contributed by atoms with Crippen LogP contribution in [0.2, 0.25) is 0 Å². The fourth-order valence-electron chi connectivity index (χ4n) is 1.61. The molecule has 6 heteroatoms. The smallest absolute Gasteiger partial charge is 0.251 e. The van der Waals surface area contributed by atoms with Crippen LogP contribution in [0.5, 0.6) is 11.5 Å². The van der Waals surface area contributed by atoms with Crippen molar-refractivity contribution >= 4 is 11.8 Å². The first kappa shape index (κ1) is 11.2. The number of nitrogens with zero attached hydrogens (tertiary/aromatic N) is 1. The number of aromatic nitrogens is 2. The second kappa shape index (κ2) is 4.73. The van der Waals surface area contributed by atoms with E-state index in [1.165, 1.54) is 24.0 Å². The standard InChI is InChI=1S/C12H10N2O3S/c15-11-3-4-13-12(14-11)18-6-8-1-2-9-10(5-8)17-7-16-9/h1-5H,6-7H2,(H,13,14,15). The number of hydrogen-bond acceptors (Lipinski definition) is 5. The lowest BCUT2D eigenvalue weighted by molar-refractivity contribution is 0.174. The Balaban J connectivity index is 1.72. The third-order valence-corrected chi connectivity index (χ3v) is 3.42. The second-order valence-corrected chi connectivity index (χ2v) is 4.68. The summed E-state index contributed by atoms with van der Waals surface area (Å²) in [6, 6.07) is 7.20. The van der Waals surface area contributed by atoms with E-state index in [0.29, 0.717) is 10.9 Å². The van der Waals surface area contributed by atoms with E-state index in [9.17, 15) is 4.79 Å². The van der Waals surface area contributed by atoms with Crippen LogP contribution in [0, 0.1) is 0 Å². The first-order valence-corrected chi connectivity index (χ1v) is 6.36. The predicted molar refractivity (Wildman–Crippen MR) is 67.0 cm³/mol. The van der Waals surface area contributed by atoms with Crippen LogP contribution >= 0.6 is 11.8 Å². The topological polar surface area (TPSA) is 64.2 Å². The first-order chi connectivity index (χ1) is 8.81. The fraction of sp³-hybridized carbons (Fsp3) is 0.167. The van der Waals surface area contributed by atoms with Gasteiger partial charge >= 0.3 is 0 Å². The Morgan fingerprint density at radius 3 is 3.06 bits per heavy atom. The van der Waals surface area contributed by atoms with Gasteiger partial charge in [-0.05, 0) is 17.7 Å². The third-order valence-electron chi connectivity index (χ3n) is 2.46. The zero-order valence-corrected chi connectivity index (χ0v) is 10.2. The Morgan fingerprint density at radius 1 is 1.28 bits per heavy atom. The van der Waals surface area contributed by atoms with Gasteiger partial charge in [0.05, 0.1) is 0 Å². The number of fused-ring (bicyclic) bond motifs is 1. The van der Waals surface area contributed by atoms with Gasteiger partial charge in [-0.1, -0.05) is 17.8 Å². The second-order valence-electron chi connectivity index (χ2n) is 3.72. The molecule has 1 aromatic carbocycles. The van der Waals surface area contributed by atoms with E-state index in [2.05, 4.69) is 9.97 Å². The monoisotopic (exact) mass is 262 g/mol. The van der Waals surface area contributed by atoms with E-state index in [-0.39, 0.29) is 12.4 Å². The average molecular weight is 262 g/mol. The fourth-order valence-corrected chi connectivity index (χ4v) is 2.40. The van der Waals surface area contributed by atoms with Gasteiger partial charge in [-0.3, -0.25) is 4.79 Å². The van der Waals surface area contributed by atoms with Crippen molar-refractivity contribution in [2.24, 2.45) is 0 Å². The maximum Gasteiger partial charge on any atom is 0.251 e. The molecule has 0 amide bonds. The van der Waals surface area contributed by atoms with Crippen LogP contribution in [0.15, 0.2) is 40.4 Å². The van der Waals surface area contributed by atoms with Crippen LogP contribution < -0.4 is 15.0 Å². The number of benzene rings is 1. The molecule has 1 aliphatic heterocycles. The molecule has 0 unspecified atom stereocenters. The molecule has 92 valence electrons. The Labute approximate surface area is 107 Å². The summed E-state index contributed by atoms with van der Waals surface area (Å²) in [5.41, 5.74) is 0.953. The van der Waals surface area contributed by atoms with E-state index in [0.717, 1.165) is 17.1 Å². The van der Waals surface area contributed by atoms with Gasteiger partial charge in [-0.2, -0.15) is 0 Å². The lowest BCUT2D eigenvalue weighted by Crippen LogP contribution is -2.05. The van der Waals surface area contributed by atoms with Crippen molar-refractivity contribution in [1.82, 2.24) is 9.97 Å². The van der Waals surface area contributed by atoms with Gasteiger partial charge in [-0.25, -0.2) is 4.98 Å². The molecule has 0 aliphatic carbocycles. The number of aromatic amines is 1. The molecule has 0 fully saturated rings. The maximum absolute atomic E-state index is 11.1. The van der Waals surface area contributed by atoms with E-state index < -0.39 is 0 Å². The zero-order valence-electron chi connectivity index (χ0n) is 9.38. The molecule has 0 saturated heterocycles. The van der Waals surface area contributed by atoms with Gasteiger partial charge in [0, 0.05) is 18.0 Å². The summed E-state index contributed by atoms with van der Waals surface area (Å²) < 4.78 is 10.5. The Bertz CT molecular complexity index is 627. The molecule has 5 nitrogen and oxygen atoms in total. The van der Waals surface area contributed by atoms with E-state index in [4.69, 9.17) is 9.47 Å². The molecule has 2 heterocycles. The normalized spacial score (nSPS) is 12.7. The molecule has 0 spiro atoms. The Morgan fingerprint density at radius 2 is 2.17 bits per heavy atom. The molecule has 2 aromatic rings. The highest BCUT2D eigenvalue weighted by Crippen LogP contribution is 2.33. The quantitative estimate of drug-likeness (QED) is 0.675. The number of thioether (sulfide) groups is 1. The largest absolute Gasteiger partial charge is 0.454 e. The summed E-state index contributed by atoms with van der Waals surface area (Å²) >= 11 is 1.47. The van der Waals surface area contributed by atoms with Crippen molar-refractivity contribution in [1.29, 1.82) is 0 Å². The molecular weight excluding hydrogens is 252 g/mol. The minimum absolute atomic E-state index is 0.141. The summed E-state index contributed by atoms with van der Waals surface area (Å²) in [4.78, 5) is 17.9. The molecule has 0 saturated carbocycles. The summed E-state index contributed by atoms with van der Waals surface area (Å²) in [6.07, 6.45) is 1.50. The molecule has 1 N–H and O–H groups in total. The molecule has 0 bridgehead atoms. The van der Waals surface area contributed by atoms with Gasteiger partial charge in [0.2, 0.25) is 6.79 Å². The molecular formula is C12H10N2O3S. The Hall–Kier alpha value is -1.95. The minimum Gasteiger partial charge on any atom is -0.454 e. The van der Waals surface area contributed by atoms with Crippen LogP contribution in [0.1, 0.15) is 5.56 Å². The lowest BCUT2D eigenvalue weighted by Gasteiger charge is -2.02. The summed E-state index contributed by atoms with van der Waals surface area (Å²) in [6.45, 7) is 0.277. The van der Waals surface area contributed by atoms with Crippen LogP contribution in [0.25, 0.3) is 0 Å². The van der Waals surface area contributed by atoms with Crippen molar-refractivity contribution in [3.63, 3.8) is 0 Å². The summed E-state index contributed by atoms with van der Waals surface area (Å²) in [5.74, 6) is 2.25. The maximum atomic E-state index is 11.1. The number of nitrogens with one attached hydrogen (secondary N) is 1. The van der Waals surface area contributed by atoms with Crippen LogP contribution in [0.3, 0.4) is 0 Å². The predicted octanol–water partition coefficient (Wildman–Crippen LogP) is 1.79. The van der Waals surface area contributed by atoms with Gasteiger partial charge in [0.25, 0.3) is 5.56 Å². The van der Waals surface area contributed by atoms with Gasteiger partial charge in [-0.15, -0.1) is 0 Å². The average Bonchev–Trinajstić information content (AvgIpc) is 2.84. The van der Waals surface area contributed by atoms with Crippen molar-refractivity contribution in [3.05, 3.63) is 46.4 Å². The number of hydrogen-bond donors (Lipinski definition) is 1. The van der Waals surface area contributed by atoms with Crippen molar-refractivity contribution < 1.29 is 9.47 Å². The van der Waals surface area contributed by atoms with Crippen molar-refractivity contribution in [2.75, 3.05) is 6.79 Å². The number of rotatable bonds is 3. The van der Waals surface area contributed by atoms with Crippen LogP contribution in [-0.2, 0) is 5.75 Å². The molecule has 18 heavy (non-hydrogen) atoms. The Kier molecular flexibility index (Phi) is 2.93. The van der Waals surface area contributed by atoms with Gasteiger partial charge in [0.1, 0.15) is 0 Å². The van der Waals surface area contributed by atoms with Gasteiger partial charge in [0.15, 0.2) is 16.7 Å². The summed E-state index contributed by atoms with van der Waals surface area (Å²) in [5, 5.41) is 0.611.